The molecule has 0 bridgehead atoms. The fourth-order valence-corrected chi connectivity index (χ4v) is 1.27. The summed E-state index contributed by atoms with van der Waals surface area (Å²) in [5.74, 6) is 0. The number of nitrogens with one attached hydrogen (secondary N) is 2. The molecule has 0 aliphatic carbocycles. The van der Waals surface area contributed by atoms with Crippen molar-refractivity contribution in [1.82, 2.24) is 15.2 Å². The van der Waals surface area contributed by atoms with E-state index in [2.05, 4.69) is 15.2 Å². The predicted octanol–water partition coefficient (Wildman–Crippen LogP) is 0.906. The largest absolute Gasteiger partial charge is 0.360 e. The van der Waals surface area contributed by atoms with E-state index in [0.29, 0.717) is 6.54 Å². The van der Waals surface area contributed by atoms with E-state index in [0.717, 1.165) is 23.5 Å². The first-order chi connectivity index (χ1) is 6.40. The molecule has 0 spiro atoms. The van der Waals surface area contributed by atoms with Crippen LogP contribution in [-0.4, -0.2) is 21.7 Å². The summed E-state index contributed by atoms with van der Waals surface area (Å²) in [5, 5.41) is 7.11. The van der Waals surface area contributed by atoms with E-state index >= 15 is 0 Å². The van der Waals surface area contributed by atoms with Crippen LogP contribution < -0.4 is 5.73 Å². The number of hydrogen-bond acceptors (Lipinski definition) is 2. The summed E-state index contributed by atoms with van der Waals surface area (Å²) in [6.45, 7) is 0.645. The highest BCUT2D eigenvalue weighted by Crippen LogP contribution is 2.14. The molecule has 0 saturated carbocycles. The van der Waals surface area contributed by atoms with Crippen molar-refractivity contribution in [2.24, 2.45) is 5.73 Å². The maximum absolute atomic E-state index is 5.43. The third-order valence-electron chi connectivity index (χ3n) is 1.92. The van der Waals surface area contributed by atoms with Gasteiger partial charge in [0.2, 0.25) is 0 Å². The van der Waals surface area contributed by atoms with Gasteiger partial charge in [-0.05, 0) is 24.7 Å². The lowest BCUT2D eigenvalue weighted by molar-refractivity contribution is 0.902. The minimum absolute atomic E-state index is 0.645. The van der Waals surface area contributed by atoms with Crippen LogP contribution in [0.5, 0.6) is 0 Å². The molecule has 0 radical (unpaired) electrons. The Labute approximate surface area is 76.2 Å². The molecule has 4 heteroatoms. The fourth-order valence-electron chi connectivity index (χ4n) is 1.27. The summed E-state index contributed by atoms with van der Waals surface area (Å²) in [6, 6.07) is 5.95. The van der Waals surface area contributed by atoms with Gasteiger partial charge in [-0.25, -0.2) is 0 Å². The zero-order valence-corrected chi connectivity index (χ0v) is 7.25. The van der Waals surface area contributed by atoms with Gasteiger partial charge >= 0.3 is 0 Å². The van der Waals surface area contributed by atoms with Gasteiger partial charge in [0.05, 0.1) is 5.69 Å². The normalized spacial score (nSPS) is 10.5. The van der Waals surface area contributed by atoms with E-state index < -0.39 is 0 Å². The maximum Gasteiger partial charge on any atom is 0.109 e. The molecular formula is C9H12N4. The molecule has 4 nitrogen and oxygen atoms in total. The predicted molar refractivity (Wildman–Crippen MR) is 51.1 cm³/mol. The molecule has 13 heavy (non-hydrogen) atoms. The summed E-state index contributed by atoms with van der Waals surface area (Å²) in [7, 11) is 0. The van der Waals surface area contributed by atoms with Crippen LogP contribution in [0, 0.1) is 0 Å². The van der Waals surface area contributed by atoms with Crippen molar-refractivity contribution < 1.29 is 0 Å². The van der Waals surface area contributed by atoms with Crippen molar-refractivity contribution >= 4 is 0 Å². The number of aromatic nitrogens is 3. The quantitative estimate of drug-likeness (QED) is 0.650. The highest BCUT2D eigenvalue weighted by Gasteiger charge is 2.02. The first-order valence-electron chi connectivity index (χ1n) is 4.28. The number of hydrogen-bond donors (Lipinski definition) is 3. The summed E-state index contributed by atoms with van der Waals surface area (Å²) in [6.07, 6.45) is 2.72. The van der Waals surface area contributed by atoms with Crippen LogP contribution in [0.3, 0.4) is 0 Å². The fraction of sp³-hybridized carbons (Fsp3) is 0.222. The number of H-pyrrole nitrogens is 2. The van der Waals surface area contributed by atoms with Crippen molar-refractivity contribution in [2.75, 3.05) is 6.54 Å². The van der Waals surface area contributed by atoms with Gasteiger partial charge in [-0.3, -0.25) is 5.10 Å². The highest BCUT2D eigenvalue weighted by atomic mass is 15.1. The molecule has 0 saturated heterocycles. The van der Waals surface area contributed by atoms with E-state index in [9.17, 15) is 0 Å². The Balaban J connectivity index is 2.23. The first-order valence-corrected chi connectivity index (χ1v) is 4.28. The van der Waals surface area contributed by atoms with Crippen molar-refractivity contribution in [3.8, 4) is 11.4 Å². The third-order valence-corrected chi connectivity index (χ3v) is 1.92. The second-order valence-corrected chi connectivity index (χ2v) is 2.90. The van der Waals surface area contributed by atoms with Gasteiger partial charge in [-0.1, -0.05) is 0 Å². The SMILES string of the molecule is NCCc1cc(-c2ccc[nH]2)n[nH]1. The van der Waals surface area contributed by atoms with E-state index in [4.69, 9.17) is 5.73 Å². The van der Waals surface area contributed by atoms with Gasteiger partial charge < -0.3 is 10.7 Å². The van der Waals surface area contributed by atoms with Crippen molar-refractivity contribution in [1.29, 1.82) is 0 Å². The van der Waals surface area contributed by atoms with E-state index in [1.807, 2.05) is 24.4 Å². The van der Waals surface area contributed by atoms with Crippen LogP contribution in [0.25, 0.3) is 11.4 Å². The Morgan fingerprint density at radius 3 is 3.08 bits per heavy atom. The molecule has 0 fully saturated rings. The second-order valence-electron chi connectivity index (χ2n) is 2.90. The van der Waals surface area contributed by atoms with Crippen molar-refractivity contribution in [2.45, 2.75) is 6.42 Å². The van der Waals surface area contributed by atoms with E-state index in [1.54, 1.807) is 0 Å². The molecule has 2 aromatic rings. The van der Waals surface area contributed by atoms with Crippen LogP contribution in [-0.2, 0) is 6.42 Å². The molecule has 0 aromatic carbocycles. The molecule has 4 N–H and O–H groups in total. The van der Waals surface area contributed by atoms with Gasteiger partial charge in [0, 0.05) is 18.3 Å². The molecule has 0 aliphatic heterocycles. The number of nitrogens with zero attached hydrogens (tertiary/aromatic N) is 1. The average Bonchev–Trinajstić information content (AvgIpc) is 2.70. The Morgan fingerprint density at radius 2 is 2.38 bits per heavy atom. The lowest BCUT2D eigenvalue weighted by Gasteiger charge is -1.88. The number of nitrogens with two attached hydrogens (primary N) is 1. The summed E-state index contributed by atoms with van der Waals surface area (Å²) in [4.78, 5) is 3.10. The maximum atomic E-state index is 5.43. The minimum atomic E-state index is 0.645. The zero-order valence-electron chi connectivity index (χ0n) is 7.25. The topological polar surface area (TPSA) is 70.5 Å². The number of aromatic amines is 2. The molecule has 0 aliphatic rings. The number of rotatable bonds is 3. The molecule has 2 heterocycles. The summed E-state index contributed by atoms with van der Waals surface area (Å²) in [5.41, 5.74) is 8.47. The Hall–Kier alpha value is -1.55. The van der Waals surface area contributed by atoms with Gasteiger partial charge in [-0.2, -0.15) is 5.10 Å². The minimum Gasteiger partial charge on any atom is -0.360 e. The molecular weight excluding hydrogens is 164 g/mol. The average molecular weight is 176 g/mol. The standard InChI is InChI=1S/C9H12N4/c10-4-3-7-6-9(13-12-7)8-2-1-5-11-8/h1-2,5-6,11H,3-4,10H2,(H,12,13). The van der Waals surface area contributed by atoms with Crippen LogP contribution in [0.15, 0.2) is 24.4 Å². The van der Waals surface area contributed by atoms with Gasteiger partial charge in [0.15, 0.2) is 0 Å². The van der Waals surface area contributed by atoms with Crippen LogP contribution >= 0.6 is 0 Å². The smallest absolute Gasteiger partial charge is 0.109 e. The molecule has 0 unspecified atom stereocenters. The molecule has 2 aromatic heterocycles. The lowest BCUT2D eigenvalue weighted by atomic mass is 10.2. The Bertz CT molecular complexity index is 361. The van der Waals surface area contributed by atoms with Crippen LogP contribution in [0.4, 0.5) is 0 Å². The lowest BCUT2D eigenvalue weighted by Crippen LogP contribution is -2.02. The molecule has 68 valence electrons. The van der Waals surface area contributed by atoms with Gasteiger partial charge in [0.1, 0.15) is 5.69 Å². The summed E-state index contributed by atoms with van der Waals surface area (Å²) < 4.78 is 0. The molecule has 2 rings (SSSR count). The van der Waals surface area contributed by atoms with Gasteiger partial charge in [0.25, 0.3) is 0 Å². The highest BCUT2D eigenvalue weighted by molar-refractivity contribution is 5.54. The van der Waals surface area contributed by atoms with Gasteiger partial charge in [-0.15, -0.1) is 0 Å². The monoisotopic (exact) mass is 176 g/mol. The zero-order chi connectivity index (χ0) is 9.10. The molecule has 0 amide bonds. The third kappa shape index (κ3) is 1.62. The first kappa shape index (κ1) is 8.07. The van der Waals surface area contributed by atoms with Crippen molar-refractivity contribution in [3.05, 3.63) is 30.1 Å². The summed E-state index contributed by atoms with van der Waals surface area (Å²) >= 11 is 0. The second kappa shape index (κ2) is 3.45. The van der Waals surface area contributed by atoms with Crippen molar-refractivity contribution in [3.63, 3.8) is 0 Å². The van der Waals surface area contributed by atoms with E-state index in [1.165, 1.54) is 0 Å². The molecule has 0 atom stereocenters. The Morgan fingerprint density at radius 1 is 1.46 bits per heavy atom. The van der Waals surface area contributed by atoms with Crippen LogP contribution in [0.1, 0.15) is 5.69 Å². The van der Waals surface area contributed by atoms with E-state index in [-0.39, 0.29) is 0 Å². The Kier molecular flexibility index (Phi) is 2.14. The van der Waals surface area contributed by atoms with Crippen LogP contribution in [0.2, 0.25) is 0 Å².